The summed E-state index contributed by atoms with van der Waals surface area (Å²) in [7, 11) is 0. The molecule has 0 saturated carbocycles. The van der Waals surface area contributed by atoms with E-state index in [4.69, 9.17) is 0 Å². The van der Waals surface area contributed by atoms with E-state index in [0.29, 0.717) is 11.5 Å². The Labute approximate surface area is 86.5 Å². The Balaban J connectivity index is 2.15. The van der Waals surface area contributed by atoms with Crippen molar-refractivity contribution >= 4 is 16.7 Å². The number of alkyl halides is 3. The van der Waals surface area contributed by atoms with Gasteiger partial charge in [-0.1, -0.05) is 0 Å². The Kier molecular flexibility index (Phi) is 2.35. The molecule has 0 aliphatic heterocycles. The van der Waals surface area contributed by atoms with Crippen LogP contribution < -0.4 is 5.43 Å². The van der Waals surface area contributed by atoms with Crippen LogP contribution >= 0.6 is 11.5 Å². The van der Waals surface area contributed by atoms with Crippen molar-refractivity contribution in [3.05, 3.63) is 30.4 Å². The van der Waals surface area contributed by atoms with Gasteiger partial charge in [-0.05, 0) is 12.1 Å². The molecular weight excluding hydrogens is 229 g/mol. The van der Waals surface area contributed by atoms with E-state index >= 15 is 0 Å². The smallest absolute Gasteiger partial charge is 0.269 e. The molecule has 0 unspecified atom stereocenters. The van der Waals surface area contributed by atoms with Gasteiger partial charge in [-0.25, -0.2) is 0 Å². The maximum Gasteiger partial charge on any atom is 0.452 e. The van der Waals surface area contributed by atoms with Crippen LogP contribution in [0.15, 0.2) is 24.5 Å². The summed E-state index contributed by atoms with van der Waals surface area (Å²) in [6.45, 7) is 0. The first-order chi connectivity index (χ1) is 7.05. The normalized spacial score (nSPS) is 11.7. The minimum absolute atomic E-state index is 0.0959. The van der Waals surface area contributed by atoms with E-state index in [0.717, 1.165) is 0 Å². The molecule has 8 heteroatoms. The van der Waals surface area contributed by atoms with Crippen molar-refractivity contribution in [3.63, 3.8) is 0 Å². The highest BCUT2D eigenvalue weighted by Crippen LogP contribution is 2.28. The third-order valence-electron chi connectivity index (χ3n) is 1.51. The monoisotopic (exact) mass is 234 g/mol. The molecule has 15 heavy (non-hydrogen) atoms. The SMILES string of the molecule is FC(F)(F)c1nsc(Nn2cccc2)n1. The molecule has 80 valence electrons. The first kappa shape index (κ1) is 9.97. The summed E-state index contributed by atoms with van der Waals surface area (Å²) < 4.78 is 41.1. The van der Waals surface area contributed by atoms with Gasteiger partial charge in [0.05, 0.1) is 0 Å². The molecule has 0 amide bonds. The van der Waals surface area contributed by atoms with Gasteiger partial charge >= 0.3 is 6.18 Å². The van der Waals surface area contributed by atoms with Crippen LogP contribution in [0.5, 0.6) is 0 Å². The van der Waals surface area contributed by atoms with Crippen molar-refractivity contribution in [2.75, 3.05) is 5.43 Å². The molecule has 0 spiro atoms. The number of nitrogens with zero attached hydrogens (tertiary/aromatic N) is 3. The summed E-state index contributed by atoms with van der Waals surface area (Å²) >= 11 is 0.662. The lowest BCUT2D eigenvalue weighted by atomic mass is 10.6. The van der Waals surface area contributed by atoms with Gasteiger partial charge in [0.25, 0.3) is 0 Å². The van der Waals surface area contributed by atoms with Crippen molar-refractivity contribution in [2.45, 2.75) is 6.18 Å². The lowest BCUT2D eigenvalue weighted by molar-refractivity contribution is -0.144. The topological polar surface area (TPSA) is 42.7 Å². The number of hydrogen-bond acceptors (Lipinski definition) is 4. The number of nitrogens with one attached hydrogen (secondary N) is 1. The van der Waals surface area contributed by atoms with E-state index in [1.165, 1.54) is 4.68 Å². The molecular formula is C7H5F3N4S. The third-order valence-corrected chi connectivity index (χ3v) is 2.13. The van der Waals surface area contributed by atoms with E-state index in [-0.39, 0.29) is 5.13 Å². The largest absolute Gasteiger partial charge is 0.452 e. The summed E-state index contributed by atoms with van der Waals surface area (Å²) in [5.74, 6) is -1.12. The fourth-order valence-corrected chi connectivity index (χ4v) is 1.49. The second kappa shape index (κ2) is 3.54. The standard InChI is InChI=1S/C7H5F3N4S/c8-7(9,10)5-11-6(15-13-5)12-14-3-1-2-4-14/h1-4H,(H,11,12,13). The summed E-state index contributed by atoms with van der Waals surface area (Å²) in [6.07, 6.45) is -1.20. The Morgan fingerprint density at radius 1 is 1.27 bits per heavy atom. The van der Waals surface area contributed by atoms with Crippen LogP contribution in [0.2, 0.25) is 0 Å². The summed E-state index contributed by atoms with van der Waals surface area (Å²) in [5, 5.41) is 0.0959. The van der Waals surface area contributed by atoms with Gasteiger partial charge in [0.15, 0.2) is 0 Å². The van der Waals surface area contributed by atoms with Crippen molar-refractivity contribution in [3.8, 4) is 0 Å². The zero-order valence-electron chi connectivity index (χ0n) is 7.19. The van der Waals surface area contributed by atoms with Gasteiger partial charge in [-0.15, -0.1) is 0 Å². The van der Waals surface area contributed by atoms with Crippen molar-refractivity contribution in [1.29, 1.82) is 0 Å². The van der Waals surface area contributed by atoms with Gasteiger partial charge in [0.2, 0.25) is 11.0 Å². The van der Waals surface area contributed by atoms with Crippen molar-refractivity contribution in [1.82, 2.24) is 14.0 Å². The number of anilines is 1. The second-order valence-electron chi connectivity index (χ2n) is 2.62. The van der Waals surface area contributed by atoms with Gasteiger partial charge in [0.1, 0.15) is 0 Å². The highest BCUT2D eigenvalue weighted by Gasteiger charge is 2.36. The molecule has 4 nitrogen and oxygen atoms in total. The highest BCUT2D eigenvalue weighted by molar-refractivity contribution is 7.09. The second-order valence-corrected chi connectivity index (χ2v) is 3.37. The minimum atomic E-state index is -4.49. The maximum atomic E-state index is 12.1. The number of aromatic nitrogens is 3. The first-order valence-electron chi connectivity index (χ1n) is 3.86. The van der Waals surface area contributed by atoms with Gasteiger partial charge < -0.3 is 0 Å². The van der Waals surface area contributed by atoms with Crippen molar-refractivity contribution in [2.24, 2.45) is 0 Å². The van der Waals surface area contributed by atoms with Crippen LogP contribution in [-0.4, -0.2) is 14.0 Å². The summed E-state index contributed by atoms with van der Waals surface area (Å²) in [4.78, 5) is 3.31. The lowest BCUT2D eigenvalue weighted by Gasteiger charge is -2.01. The molecule has 0 aliphatic rings. The van der Waals surface area contributed by atoms with Gasteiger partial charge in [0, 0.05) is 23.9 Å². The molecule has 0 saturated heterocycles. The fourth-order valence-electron chi connectivity index (χ4n) is 0.904. The van der Waals surface area contributed by atoms with E-state index in [2.05, 4.69) is 14.8 Å². The Bertz CT molecular complexity index is 433. The Morgan fingerprint density at radius 2 is 1.93 bits per heavy atom. The van der Waals surface area contributed by atoms with Gasteiger partial charge in [-0.2, -0.15) is 22.5 Å². The van der Waals surface area contributed by atoms with E-state index < -0.39 is 12.0 Å². The lowest BCUT2D eigenvalue weighted by Crippen LogP contribution is -2.09. The van der Waals surface area contributed by atoms with E-state index in [9.17, 15) is 13.2 Å². The summed E-state index contributed by atoms with van der Waals surface area (Å²) in [5.41, 5.74) is 2.64. The molecule has 0 radical (unpaired) electrons. The van der Waals surface area contributed by atoms with Crippen LogP contribution in [0.1, 0.15) is 5.82 Å². The number of halogens is 3. The average molecular weight is 234 g/mol. The zero-order chi connectivity index (χ0) is 10.9. The number of hydrogen-bond donors (Lipinski definition) is 1. The van der Waals surface area contributed by atoms with Crippen LogP contribution in [-0.2, 0) is 6.18 Å². The van der Waals surface area contributed by atoms with Crippen LogP contribution in [0, 0.1) is 0 Å². The molecule has 0 fully saturated rings. The fraction of sp³-hybridized carbons (Fsp3) is 0.143. The quantitative estimate of drug-likeness (QED) is 0.866. The molecule has 2 rings (SSSR count). The molecule has 0 aromatic carbocycles. The van der Waals surface area contributed by atoms with Gasteiger partial charge in [-0.3, -0.25) is 10.1 Å². The molecule has 0 atom stereocenters. The zero-order valence-corrected chi connectivity index (χ0v) is 8.01. The third kappa shape index (κ3) is 2.27. The highest BCUT2D eigenvalue weighted by atomic mass is 32.1. The van der Waals surface area contributed by atoms with Crippen molar-refractivity contribution < 1.29 is 13.2 Å². The molecule has 1 N–H and O–H groups in total. The minimum Gasteiger partial charge on any atom is -0.269 e. The molecule has 0 bridgehead atoms. The Morgan fingerprint density at radius 3 is 2.47 bits per heavy atom. The predicted octanol–water partition coefficient (Wildman–Crippen LogP) is 2.23. The van der Waals surface area contributed by atoms with E-state index in [1.807, 2.05) is 0 Å². The van der Waals surface area contributed by atoms with Crippen LogP contribution in [0.3, 0.4) is 0 Å². The number of rotatable bonds is 2. The van der Waals surface area contributed by atoms with Crippen LogP contribution in [0.4, 0.5) is 18.3 Å². The average Bonchev–Trinajstić information content (AvgIpc) is 2.73. The molecule has 2 aromatic rings. The summed E-state index contributed by atoms with van der Waals surface area (Å²) in [6, 6.07) is 3.47. The first-order valence-corrected chi connectivity index (χ1v) is 4.64. The molecule has 2 aromatic heterocycles. The molecule has 0 aliphatic carbocycles. The van der Waals surface area contributed by atoms with Crippen LogP contribution in [0.25, 0.3) is 0 Å². The van der Waals surface area contributed by atoms with E-state index in [1.54, 1.807) is 24.5 Å². The maximum absolute atomic E-state index is 12.1. The Hall–Kier alpha value is -1.57. The predicted molar refractivity (Wildman–Crippen MR) is 48.4 cm³/mol. The molecule has 2 heterocycles.